The molecule has 1 heterocycles. The van der Waals surface area contributed by atoms with Gasteiger partial charge in [-0.2, -0.15) is 0 Å². The van der Waals surface area contributed by atoms with Crippen LogP contribution in [0.5, 0.6) is 0 Å². The second-order valence-corrected chi connectivity index (χ2v) is 7.27. The third-order valence-corrected chi connectivity index (χ3v) is 4.36. The van der Waals surface area contributed by atoms with Gasteiger partial charge in [0.25, 0.3) is 0 Å². The molecule has 0 aliphatic rings. The maximum Gasteiger partial charge on any atom is 0.208 e. The largest absolute Gasteiger partial charge is 0.262 e. The van der Waals surface area contributed by atoms with Gasteiger partial charge >= 0.3 is 0 Å². The van der Waals surface area contributed by atoms with Crippen molar-refractivity contribution < 1.29 is 0 Å². The summed E-state index contributed by atoms with van der Waals surface area (Å²) in [6.45, 7) is 13.1. The Kier molecular flexibility index (Phi) is 4.23. The molecule has 0 saturated heterocycles. The van der Waals surface area contributed by atoms with Crippen molar-refractivity contribution in [2.24, 2.45) is 0 Å². The molecule has 0 unspecified atom stereocenters. The quantitative estimate of drug-likeness (QED) is 0.856. The van der Waals surface area contributed by atoms with Crippen molar-refractivity contribution in [3.63, 3.8) is 0 Å². The number of H-pyrrole nitrogens is 1. The van der Waals surface area contributed by atoms with Gasteiger partial charge in [-0.3, -0.25) is 5.10 Å². The Morgan fingerprint density at radius 3 is 2.15 bits per heavy atom. The van der Waals surface area contributed by atoms with Crippen LogP contribution in [0.2, 0.25) is 0 Å². The summed E-state index contributed by atoms with van der Waals surface area (Å²) >= 11 is 1.68. The van der Waals surface area contributed by atoms with Crippen LogP contribution in [-0.2, 0) is 11.2 Å². The first-order valence-corrected chi connectivity index (χ1v) is 7.88. The second kappa shape index (κ2) is 5.60. The van der Waals surface area contributed by atoms with Crippen molar-refractivity contribution in [1.82, 2.24) is 15.2 Å². The van der Waals surface area contributed by atoms with Gasteiger partial charge in [-0.15, -0.1) is 5.10 Å². The maximum absolute atomic E-state index is 4.34. The molecule has 0 aliphatic carbocycles. The van der Waals surface area contributed by atoms with Crippen LogP contribution >= 0.6 is 11.8 Å². The zero-order valence-corrected chi connectivity index (χ0v) is 14.0. The van der Waals surface area contributed by atoms with E-state index in [0.717, 1.165) is 16.7 Å². The maximum atomic E-state index is 4.34. The Morgan fingerprint density at radius 1 is 1.10 bits per heavy atom. The molecule has 20 heavy (non-hydrogen) atoms. The predicted octanol–water partition coefficient (Wildman–Crippen LogP) is 4.32. The van der Waals surface area contributed by atoms with Gasteiger partial charge in [-0.25, -0.2) is 4.98 Å². The Hall–Kier alpha value is -1.29. The lowest BCUT2D eigenvalue weighted by molar-refractivity contribution is 0.589. The van der Waals surface area contributed by atoms with Crippen LogP contribution in [0.25, 0.3) is 0 Å². The van der Waals surface area contributed by atoms with Crippen molar-refractivity contribution in [2.45, 2.75) is 57.9 Å². The summed E-state index contributed by atoms with van der Waals surface area (Å²) in [7, 11) is 0. The molecule has 108 valence electrons. The summed E-state index contributed by atoms with van der Waals surface area (Å²) in [5.74, 6) is 1.78. The van der Waals surface area contributed by atoms with Gasteiger partial charge in [0.15, 0.2) is 0 Å². The number of aromatic nitrogens is 3. The number of nitrogens with one attached hydrogen (secondary N) is 1. The van der Waals surface area contributed by atoms with E-state index in [0.29, 0.717) is 0 Å². The van der Waals surface area contributed by atoms with Crippen molar-refractivity contribution in [2.75, 3.05) is 0 Å². The number of aryl methyl sites for hydroxylation is 3. The number of aromatic amines is 1. The molecular formula is C16H23N3S. The van der Waals surface area contributed by atoms with Crippen molar-refractivity contribution in [3.8, 4) is 0 Å². The van der Waals surface area contributed by atoms with Crippen LogP contribution in [0.1, 0.15) is 48.8 Å². The van der Waals surface area contributed by atoms with Crippen LogP contribution < -0.4 is 0 Å². The summed E-state index contributed by atoms with van der Waals surface area (Å²) < 4.78 is 0. The van der Waals surface area contributed by atoms with E-state index in [1.165, 1.54) is 22.3 Å². The first kappa shape index (κ1) is 15.1. The van der Waals surface area contributed by atoms with Gasteiger partial charge in [0.2, 0.25) is 5.16 Å². The molecule has 1 aromatic heterocycles. The molecule has 0 fully saturated rings. The third kappa shape index (κ3) is 3.42. The molecule has 2 aromatic rings. The normalized spacial score (nSPS) is 11.9. The van der Waals surface area contributed by atoms with E-state index in [1.807, 2.05) is 6.92 Å². The van der Waals surface area contributed by atoms with Crippen LogP contribution in [0, 0.1) is 20.8 Å². The molecule has 4 heteroatoms. The minimum absolute atomic E-state index is 0.196. The molecule has 0 bridgehead atoms. The van der Waals surface area contributed by atoms with Crippen LogP contribution in [0.3, 0.4) is 0 Å². The lowest BCUT2D eigenvalue weighted by Crippen LogP contribution is -2.12. The minimum atomic E-state index is 0.196. The Bertz CT molecular complexity index is 585. The summed E-state index contributed by atoms with van der Waals surface area (Å²) in [5.41, 5.74) is 5.70. The minimum Gasteiger partial charge on any atom is -0.262 e. The molecule has 0 aliphatic heterocycles. The summed E-state index contributed by atoms with van der Waals surface area (Å²) in [6, 6.07) is 4.62. The number of benzene rings is 1. The molecule has 2 rings (SSSR count). The molecule has 1 aromatic carbocycles. The molecule has 0 radical (unpaired) electrons. The number of rotatable bonds is 3. The molecule has 0 spiro atoms. The highest BCUT2D eigenvalue weighted by Crippen LogP contribution is 2.29. The van der Waals surface area contributed by atoms with Crippen molar-refractivity contribution in [3.05, 3.63) is 40.2 Å². The fourth-order valence-electron chi connectivity index (χ4n) is 2.18. The molecule has 0 saturated carbocycles. The fraction of sp³-hybridized carbons (Fsp3) is 0.500. The van der Waals surface area contributed by atoms with E-state index in [-0.39, 0.29) is 5.41 Å². The number of hydrogen-bond acceptors (Lipinski definition) is 3. The lowest BCUT2D eigenvalue weighted by atomic mass is 9.84. The van der Waals surface area contributed by atoms with E-state index in [2.05, 4.69) is 61.9 Å². The Labute approximate surface area is 125 Å². The fourth-order valence-corrected chi connectivity index (χ4v) is 3.22. The Morgan fingerprint density at radius 2 is 1.70 bits per heavy atom. The van der Waals surface area contributed by atoms with E-state index < -0.39 is 0 Å². The van der Waals surface area contributed by atoms with Crippen LogP contribution in [0.15, 0.2) is 17.3 Å². The van der Waals surface area contributed by atoms with Gasteiger partial charge in [0.05, 0.1) is 0 Å². The van der Waals surface area contributed by atoms with Crippen molar-refractivity contribution >= 4 is 11.8 Å². The average molecular weight is 289 g/mol. The van der Waals surface area contributed by atoms with Crippen molar-refractivity contribution in [1.29, 1.82) is 0 Å². The number of thioether (sulfide) groups is 1. The highest BCUT2D eigenvalue weighted by Gasteiger charge is 2.16. The summed E-state index contributed by atoms with van der Waals surface area (Å²) in [6.07, 6.45) is 0. The van der Waals surface area contributed by atoms with E-state index in [9.17, 15) is 0 Å². The zero-order valence-electron chi connectivity index (χ0n) is 13.2. The SMILES string of the molecule is Cc1nc(SCc2c(C)cc(C(C)(C)C)cc2C)n[nH]1. The molecule has 1 N–H and O–H groups in total. The van der Waals surface area contributed by atoms with Gasteiger partial charge in [-0.05, 0) is 48.4 Å². The molecule has 3 nitrogen and oxygen atoms in total. The molecule has 0 atom stereocenters. The molecule has 0 amide bonds. The van der Waals surface area contributed by atoms with Crippen LogP contribution in [-0.4, -0.2) is 15.2 Å². The lowest BCUT2D eigenvalue weighted by Gasteiger charge is -2.22. The highest BCUT2D eigenvalue weighted by atomic mass is 32.2. The predicted molar refractivity (Wildman–Crippen MR) is 85.3 cm³/mol. The van der Waals surface area contributed by atoms with Gasteiger partial charge in [-0.1, -0.05) is 44.7 Å². The Balaban J connectivity index is 2.20. The average Bonchev–Trinajstić information content (AvgIpc) is 2.72. The third-order valence-electron chi connectivity index (χ3n) is 3.48. The van der Waals surface area contributed by atoms with Gasteiger partial charge < -0.3 is 0 Å². The standard InChI is InChI=1S/C16H23N3S/c1-10-7-13(16(4,5)6)8-11(2)14(10)9-20-15-17-12(3)18-19-15/h7-8H,9H2,1-6H3,(H,17,18,19). The first-order valence-electron chi connectivity index (χ1n) is 6.90. The summed E-state index contributed by atoms with van der Waals surface area (Å²) in [5, 5.41) is 7.88. The van der Waals surface area contributed by atoms with Gasteiger partial charge in [0, 0.05) is 5.75 Å². The number of hydrogen-bond donors (Lipinski definition) is 1. The highest BCUT2D eigenvalue weighted by molar-refractivity contribution is 7.98. The first-order chi connectivity index (χ1) is 9.27. The van der Waals surface area contributed by atoms with E-state index in [4.69, 9.17) is 0 Å². The molecular weight excluding hydrogens is 266 g/mol. The smallest absolute Gasteiger partial charge is 0.208 e. The van der Waals surface area contributed by atoms with Gasteiger partial charge in [0.1, 0.15) is 5.82 Å². The monoisotopic (exact) mass is 289 g/mol. The second-order valence-electron chi connectivity index (χ2n) is 6.33. The van der Waals surface area contributed by atoms with E-state index >= 15 is 0 Å². The number of nitrogens with zero attached hydrogens (tertiary/aromatic N) is 2. The topological polar surface area (TPSA) is 41.6 Å². The summed E-state index contributed by atoms with van der Waals surface area (Å²) in [4.78, 5) is 4.34. The zero-order chi connectivity index (χ0) is 14.9. The van der Waals surface area contributed by atoms with E-state index in [1.54, 1.807) is 11.8 Å². The van der Waals surface area contributed by atoms with Crippen LogP contribution in [0.4, 0.5) is 0 Å².